The number of aromatic nitrogens is 2. The van der Waals surface area contributed by atoms with E-state index in [1.165, 1.54) is 34.4 Å². The maximum absolute atomic E-state index is 4.57. The van der Waals surface area contributed by atoms with Gasteiger partial charge in [-0.05, 0) is 6.07 Å². The molecule has 0 unspecified atom stereocenters. The minimum absolute atomic E-state index is 0.955. The summed E-state index contributed by atoms with van der Waals surface area (Å²) < 4.78 is 0. The average Bonchev–Trinajstić information content (AvgIpc) is 3.12. The van der Waals surface area contributed by atoms with Crippen molar-refractivity contribution in [2.24, 2.45) is 0 Å². The number of aromatic amines is 1. The van der Waals surface area contributed by atoms with Gasteiger partial charge in [0.1, 0.15) is 0 Å². The smallest absolute Gasteiger partial charge is 0.0765 e. The third-order valence-corrected chi connectivity index (χ3v) is 6.55. The first-order valence-corrected chi connectivity index (χ1v) is 11.8. The minimum Gasteiger partial charge on any atom is -0.315 e. The van der Waals surface area contributed by atoms with Crippen LogP contribution in [0.3, 0.4) is 0 Å². The normalized spacial score (nSPS) is 23.0. The third-order valence-electron chi connectivity index (χ3n) is 4.62. The summed E-state index contributed by atoms with van der Waals surface area (Å²) in [6.07, 6.45) is 0. The number of H-pyrrole nitrogens is 1. The molecular weight excluding hydrogens is 352 g/mol. The Balaban J connectivity index is 1.48. The van der Waals surface area contributed by atoms with Gasteiger partial charge < -0.3 is 10.6 Å². The van der Waals surface area contributed by atoms with Gasteiger partial charge >= 0.3 is 0 Å². The molecule has 0 bridgehead atoms. The predicted octanol–water partition coefficient (Wildman–Crippen LogP) is 0.687. The van der Waals surface area contributed by atoms with Gasteiger partial charge in [0.15, 0.2) is 0 Å². The van der Waals surface area contributed by atoms with Crippen LogP contribution in [-0.4, -0.2) is 95.4 Å². The molecule has 0 saturated carbocycles. The van der Waals surface area contributed by atoms with E-state index in [1.807, 2.05) is 23.5 Å². The van der Waals surface area contributed by atoms with Crippen LogP contribution in [0.5, 0.6) is 0 Å². The first-order valence-electron chi connectivity index (χ1n) is 9.45. The third kappa shape index (κ3) is 7.48. The lowest BCUT2D eigenvalue weighted by atomic mass is 10.3. The molecule has 3 N–H and O–H groups in total. The lowest BCUT2D eigenvalue weighted by Gasteiger charge is -2.20. The van der Waals surface area contributed by atoms with Crippen molar-refractivity contribution < 1.29 is 0 Å². The van der Waals surface area contributed by atoms with E-state index >= 15 is 0 Å². The van der Waals surface area contributed by atoms with Gasteiger partial charge in [-0.1, -0.05) is 0 Å². The molecule has 8 heteroatoms. The second kappa shape index (κ2) is 11.5. The van der Waals surface area contributed by atoms with Gasteiger partial charge in [-0.25, -0.2) is 0 Å². The van der Waals surface area contributed by atoms with Crippen molar-refractivity contribution in [3.05, 3.63) is 17.5 Å². The fraction of sp³-hybridized carbons (Fsp3) is 0.824. The number of hydrogen-bond acceptors (Lipinski definition) is 7. The molecule has 1 aromatic heterocycles. The Morgan fingerprint density at radius 2 is 1.44 bits per heavy atom. The molecule has 2 fully saturated rings. The van der Waals surface area contributed by atoms with Gasteiger partial charge in [0, 0.05) is 94.2 Å². The lowest BCUT2D eigenvalue weighted by molar-refractivity contribution is 0.279. The molecule has 25 heavy (non-hydrogen) atoms. The van der Waals surface area contributed by atoms with Gasteiger partial charge in [-0.15, -0.1) is 0 Å². The second-order valence-electron chi connectivity index (χ2n) is 6.66. The van der Waals surface area contributed by atoms with Crippen LogP contribution in [-0.2, 0) is 13.1 Å². The van der Waals surface area contributed by atoms with Crippen molar-refractivity contribution in [1.82, 2.24) is 30.6 Å². The molecular formula is C17H32N6S2. The van der Waals surface area contributed by atoms with Crippen molar-refractivity contribution in [2.45, 2.75) is 13.1 Å². The molecule has 0 aliphatic carbocycles. The molecule has 3 heterocycles. The highest BCUT2D eigenvalue weighted by atomic mass is 32.2. The van der Waals surface area contributed by atoms with Crippen LogP contribution in [0.1, 0.15) is 11.4 Å². The summed E-state index contributed by atoms with van der Waals surface area (Å²) in [6.45, 7) is 10.9. The van der Waals surface area contributed by atoms with Crippen LogP contribution in [0.2, 0.25) is 0 Å². The molecule has 0 atom stereocenters. The van der Waals surface area contributed by atoms with Crippen LogP contribution < -0.4 is 10.6 Å². The Kier molecular flexibility index (Phi) is 8.94. The molecule has 0 amide bonds. The molecule has 2 aliphatic heterocycles. The van der Waals surface area contributed by atoms with Gasteiger partial charge in [0.05, 0.1) is 5.69 Å². The number of hydrogen-bond donors (Lipinski definition) is 3. The van der Waals surface area contributed by atoms with Crippen molar-refractivity contribution >= 4 is 23.5 Å². The zero-order chi connectivity index (χ0) is 17.2. The molecule has 2 aliphatic rings. The number of nitrogens with one attached hydrogen (secondary N) is 3. The van der Waals surface area contributed by atoms with E-state index in [0.29, 0.717) is 0 Å². The maximum Gasteiger partial charge on any atom is 0.0765 e. The van der Waals surface area contributed by atoms with Gasteiger partial charge in [-0.3, -0.25) is 14.9 Å². The monoisotopic (exact) mass is 384 g/mol. The number of nitrogens with zero attached hydrogens (tertiary/aromatic N) is 3. The number of thioether (sulfide) groups is 2. The summed E-state index contributed by atoms with van der Waals surface area (Å²) in [7, 11) is 0. The molecule has 1 aromatic rings. The Morgan fingerprint density at radius 3 is 2.12 bits per heavy atom. The van der Waals surface area contributed by atoms with E-state index < -0.39 is 0 Å². The fourth-order valence-electron chi connectivity index (χ4n) is 3.19. The summed E-state index contributed by atoms with van der Waals surface area (Å²) >= 11 is 4.09. The van der Waals surface area contributed by atoms with Crippen LogP contribution in [0.15, 0.2) is 6.07 Å². The van der Waals surface area contributed by atoms with Crippen LogP contribution in [0.25, 0.3) is 0 Å². The maximum atomic E-state index is 4.57. The van der Waals surface area contributed by atoms with Crippen LogP contribution in [0.4, 0.5) is 0 Å². The lowest BCUT2D eigenvalue weighted by Crippen LogP contribution is -2.33. The Labute approximate surface area is 160 Å². The van der Waals surface area contributed by atoms with Gasteiger partial charge in [-0.2, -0.15) is 28.6 Å². The van der Waals surface area contributed by atoms with E-state index in [1.54, 1.807) is 0 Å². The SMILES string of the molecule is c1c(CN2CCNCCSCC2)n[nH]c1CN1CCNCCSCC1. The van der Waals surface area contributed by atoms with E-state index in [0.717, 1.165) is 65.4 Å². The predicted molar refractivity (Wildman–Crippen MR) is 110 cm³/mol. The Bertz CT molecular complexity index is 423. The highest BCUT2D eigenvalue weighted by molar-refractivity contribution is 7.99. The zero-order valence-corrected chi connectivity index (χ0v) is 16.8. The molecule has 0 spiro atoms. The summed E-state index contributed by atoms with van der Waals surface area (Å²) in [5, 5.41) is 14.9. The first kappa shape index (κ1) is 19.5. The van der Waals surface area contributed by atoms with Crippen molar-refractivity contribution in [2.75, 3.05) is 75.4 Å². The fourth-order valence-corrected chi connectivity index (χ4v) is 4.95. The van der Waals surface area contributed by atoms with Gasteiger partial charge in [0.2, 0.25) is 0 Å². The van der Waals surface area contributed by atoms with Crippen LogP contribution in [0, 0.1) is 0 Å². The molecule has 2 saturated heterocycles. The van der Waals surface area contributed by atoms with Crippen molar-refractivity contribution in [3.63, 3.8) is 0 Å². The van der Waals surface area contributed by atoms with Crippen molar-refractivity contribution in [3.8, 4) is 0 Å². The standard InChI is InChI=1S/C17H32N6S2/c1-5-22(7-11-24-9-3-18-1)14-16-13-17(21-20-16)15-23-6-2-19-4-10-25-12-8-23/h13,18-19H,1-12,14-15H2,(H,20,21). The zero-order valence-electron chi connectivity index (χ0n) is 15.1. The Morgan fingerprint density at radius 1 is 0.800 bits per heavy atom. The highest BCUT2D eigenvalue weighted by Crippen LogP contribution is 2.10. The first-order chi connectivity index (χ1) is 12.4. The van der Waals surface area contributed by atoms with E-state index in [-0.39, 0.29) is 0 Å². The molecule has 6 nitrogen and oxygen atoms in total. The molecule has 0 aromatic carbocycles. The molecule has 142 valence electrons. The van der Waals surface area contributed by atoms with Crippen LogP contribution >= 0.6 is 23.5 Å². The number of rotatable bonds is 4. The minimum atomic E-state index is 0.955. The topological polar surface area (TPSA) is 59.2 Å². The summed E-state index contributed by atoms with van der Waals surface area (Å²) in [5.74, 6) is 4.90. The Hall–Kier alpha value is -0.250. The van der Waals surface area contributed by atoms with E-state index in [4.69, 9.17) is 0 Å². The summed E-state index contributed by atoms with van der Waals surface area (Å²) in [5.41, 5.74) is 2.42. The largest absolute Gasteiger partial charge is 0.315 e. The van der Waals surface area contributed by atoms with Gasteiger partial charge in [0.25, 0.3) is 0 Å². The van der Waals surface area contributed by atoms with E-state index in [9.17, 15) is 0 Å². The van der Waals surface area contributed by atoms with Crippen molar-refractivity contribution in [1.29, 1.82) is 0 Å². The van der Waals surface area contributed by atoms with E-state index in [2.05, 4.69) is 36.7 Å². The molecule has 0 radical (unpaired) electrons. The second-order valence-corrected chi connectivity index (χ2v) is 9.11. The quantitative estimate of drug-likeness (QED) is 0.706. The average molecular weight is 385 g/mol. The highest BCUT2D eigenvalue weighted by Gasteiger charge is 2.13. The summed E-state index contributed by atoms with van der Waals surface area (Å²) in [6, 6.07) is 2.26. The summed E-state index contributed by atoms with van der Waals surface area (Å²) in [4.78, 5) is 5.05. The molecule has 3 rings (SSSR count).